The minimum absolute atomic E-state index is 0.0756. The Morgan fingerprint density at radius 1 is 1.35 bits per heavy atom. The first-order valence-electron chi connectivity index (χ1n) is 5.60. The number of nitrogens with zero attached hydrogens (tertiary/aromatic N) is 1. The number of hydrogen-bond acceptors (Lipinski definition) is 3. The molecule has 0 radical (unpaired) electrons. The second-order valence-corrected chi connectivity index (χ2v) is 6.08. The lowest BCUT2D eigenvalue weighted by molar-refractivity contribution is 0.0767. The molecule has 1 heterocycles. The summed E-state index contributed by atoms with van der Waals surface area (Å²) in [5.41, 5.74) is 7.02. The number of rotatable bonds is 1. The van der Waals surface area contributed by atoms with Gasteiger partial charge >= 0.3 is 0 Å². The van der Waals surface area contributed by atoms with Crippen molar-refractivity contribution in [3.05, 3.63) is 28.2 Å². The Kier molecular flexibility index (Phi) is 4.34. The molecule has 0 atom stereocenters. The van der Waals surface area contributed by atoms with Crippen molar-refractivity contribution >= 4 is 39.3 Å². The third kappa shape index (κ3) is 3.16. The number of carbonyl (C=O) groups is 1. The molecule has 92 valence electrons. The fourth-order valence-electron chi connectivity index (χ4n) is 1.83. The van der Waals surface area contributed by atoms with Crippen LogP contribution in [0.3, 0.4) is 0 Å². The lowest BCUT2D eigenvalue weighted by Gasteiger charge is -2.20. The molecule has 0 unspecified atom stereocenters. The van der Waals surface area contributed by atoms with Crippen LogP contribution in [0, 0.1) is 0 Å². The molecular formula is C12H15BrN2OS. The van der Waals surface area contributed by atoms with E-state index < -0.39 is 0 Å². The molecule has 2 N–H and O–H groups in total. The van der Waals surface area contributed by atoms with E-state index in [0.717, 1.165) is 35.5 Å². The maximum Gasteiger partial charge on any atom is 0.255 e. The topological polar surface area (TPSA) is 46.3 Å². The number of nitrogen functional groups attached to an aromatic ring is 1. The van der Waals surface area contributed by atoms with Crippen LogP contribution < -0.4 is 5.73 Å². The van der Waals surface area contributed by atoms with E-state index in [1.807, 2.05) is 22.7 Å². The van der Waals surface area contributed by atoms with Crippen LogP contribution in [-0.4, -0.2) is 35.4 Å². The fourth-order valence-corrected chi connectivity index (χ4v) is 3.13. The van der Waals surface area contributed by atoms with Crippen molar-refractivity contribution < 1.29 is 4.79 Å². The number of amides is 1. The molecule has 0 bridgehead atoms. The summed E-state index contributed by atoms with van der Waals surface area (Å²) in [5.74, 6) is 2.24. The quantitative estimate of drug-likeness (QED) is 0.810. The van der Waals surface area contributed by atoms with Crippen molar-refractivity contribution in [3.63, 3.8) is 0 Å². The number of carbonyl (C=O) groups excluding carboxylic acids is 1. The molecule has 1 aromatic rings. The van der Waals surface area contributed by atoms with E-state index in [2.05, 4.69) is 15.9 Å². The number of halogens is 1. The van der Waals surface area contributed by atoms with Gasteiger partial charge < -0.3 is 10.6 Å². The molecule has 3 nitrogen and oxygen atoms in total. The summed E-state index contributed by atoms with van der Waals surface area (Å²) < 4.78 is 0.814. The highest BCUT2D eigenvalue weighted by Crippen LogP contribution is 2.22. The second kappa shape index (κ2) is 5.78. The highest BCUT2D eigenvalue weighted by molar-refractivity contribution is 9.10. The number of hydrogen-bond donors (Lipinski definition) is 1. The van der Waals surface area contributed by atoms with Gasteiger partial charge in [0.15, 0.2) is 0 Å². The van der Waals surface area contributed by atoms with Gasteiger partial charge in [0.25, 0.3) is 5.91 Å². The molecule has 0 aliphatic carbocycles. The van der Waals surface area contributed by atoms with E-state index in [0.29, 0.717) is 11.3 Å². The molecule has 0 spiro atoms. The Morgan fingerprint density at radius 2 is 2.18 bits per heavy atom. The van der Waals surface area contributed by atoms with E-state index in [9.17, 15) is 4.79 Å². The molecule has 0 aromatic heterocycles. The summed E-state index contributed by atoms with van der Waals surface area (Å²) in [7, 11) is 0. The van der Waals surface area contributed by atoms with Crippen LogP contribution in [0.5, 0.6) is 0 Å². The van der Waals surface area contributed by atoms with Gasteiger partial charge in [-0.25, -0.2) is 0 Å². The summed E-state index contributed by atoms with van der Waals surface area (Å²) in [4.78, 5) is 14.3. The Hall–Kier alpha value is -0.680. The molecule has 1 fully saturated rings. The van der Waals surface area contributed by atoms with Crippen LogP contribution in [-0.2, 0) is 0 Å². The van der Waals surface area contributed by atoms with Gasteiger partial charge in [-0.2, -0.15) is 11.8 Å². The largest absolute Gasteiger partial charge is 0.399 e. The molecule has 17 heavy (non-hydrogen) atoms. The SMILES string of the molecule is Nc1ccc(Br)c(C(=O)N2CCCSCC2)c1. The van der Waals surface area contributed by atoms with Gasteiger partial charge in [-0.15, -0.1) is 0 Å². The Balaban J connectivity index is 2.20. The zero-order valence-corrected chi connectivity index (χ0v) is 11.9. The predicted molar refractivity (Wildman–Crippen MR) is 76.4 cm³/mol. The molecule has 1 saturated heterocycles. The van der Waals surface area contributed by atoms with E-state index in [1.165, 1.54) is 0 Å². The number of nitrogens with two attached hydrogens (primary N) is 1. The van der Waals surface area contributed by atoms with E-state index in [4.69, 9.17) is 5.73 Å². The van der Waals surface area contributed by atoms with Crippen molar-refractivity contribution in [1.29, 1.82) is 0 Å². The van der Waals surface area contributed by atoms with Crippen LogP contribution in [0.15, 0.2) is 22.7 Å². The Labute approximate surface area is 114 Å². The molecule has 1 aliphatic heterocycles. The van der Waals surface area contributed by atoms with Crippen LogP contribution in [0.2, 0.25) is 0 Å². The maximum absolute atomic E-state index is 12.4. The first-order chi connectivity index (χ1) is 8.18. The minimum atomic E-state index is 0.0756. The normalized spacial score (nSPS) is 16.6. The average Bonchev–Trinajstić information content (AvgIpc) is 2.60. The zero-order valence-electron chi connectivity index (χ0n) is 9.49. The van der Waals surface area contributed by atoms with E-state index in [-0.39, 0.29) is 5.91 Å². The van der Waals surface area contributed by atoms with E-state index in [1.54, 1.807) is 12.1 Å². The van der Waals surface area contributed by atoms with Crippen molar-refractivity contribution in [3.8, 4) is 0 Å². The monoisotopic (exact) mass is 314 g/mol. The molecule has 1 aromatic carbocycles. The van der Waals surface area contributed by atoms with Crippen LogP contribution in [0.4, 0.5) is 5.69 Å². The van der Waals surface area contributed by atoms with Crippen molar-refractivity contribution in [2.75, 3.05) is 30.3 Å². The zero-order chi connectivity index (χ0) is 12.3. The standard InChI is InChI=1S/C12H15BrN2OS/c13-11-3-2-9(14)8-10(11)12(16)15-4-1-6-17-7-5-15/h2-3,8H,1,4-7,14H2. The van der Waals surface area contributed by atoms with Crippen molar-refractivity contribution in [1.82, 2.24) is 4.90 Å². The first-order valence-corrected chi connectivity index (χ1v) is 7.55. The highest BCUT2D eigenvalue weighted by Gasteiger charge is 2.19. The van der Waals surface area contributed by atoms with Crippen LogP contribution in [0.1, 0.15) is 16.8 Å². The van der Waals surface area contributed by atoms with Gasteiger partial charge in [0.05, 0.1) is 5.56 Å². The summed E-state index contributed by atoms with van der Waals surface area (Å²) >= 11 is 5.32. The molecular weight excluding hydrogens is 300 g/mol. The average molecular weight is 315 g/mol. The lowest BCUT2D eigenvalue weighted by atomic mass is 10.1. The summed E-state index contributed by atoms with van der Waals surface area (Å²) in [6.45, 7) is 1.66. The third-order valence-electron chi connectivity index (χ3n) is 2.73. The van der Waals surface area contributed by atoms with Gasteiger partial charge in [0, 0.05) is 29.0 Å². The summed E-state index contributed by atoms with van der Waals surface area (Å²) in [6.07, 6.45) is 1.07. The van der Waals surface area contributed by atoms with Gasteiger partial charge in [-0.1, -0.05) is 0 Å². The molecule has 2 rings (SSSR count). The number of anilines is 1. The Bertz CT molecular complexity index is 417. The number of benzene rings is 1. The van der Waals surface area contributed by atoms with Gasteiger partial charge in [-0.3, -0.25) is 4.79 Å². The van der Waals surface area contributed by atoms with Crippen LogP contribution >= 0.6 is 27.7 Å². The highest BCUT2D eigenvalue weighted by atomic mass is 79.9. The maximum atomic E-state index is 12.4. The van der Waals surface area contributed by atoms with Gasteiger partial charge in [0.2, 0.25) is 0 Å². The Morgan fingerprint density at radius 3 is 3.00 bits per heavy atom. The smallest absolute Gasteiger partial charge is 0.255 e. The van der Waals surface area contributed by atoms with Crippen LogP contribution in [0.25, 0.3) is 0 Å². The summed E-state index contributed by atoms with van der Waals surface area (Å²) in [6, 6.07) is 5.36. The second-order valence-electron chi connectivity index (χ2n) is 4.00. The molecule has 5 heteroatoms. The minimum Gasteiger partial charge on any atom is -0.399 e. The summed E-state index contributed by atoms with van der Waals surface area (Å²) in [5, 5.41) is 0. The molecule has 0 saturated carbocycles. The van der Waals surface area contributed by atoms with Crippen molar-refractivity contribution in [2.45, 2.75) is 6.42 Å². The predicted octanol–water partition coefficient (Wildman–Crippen LogP) is 2.61. The molecule has 1 amide bonds. The van der Waals surface area contributed by atoms with Crippen molar-refractivity contribution in [2.24, 2.45) is 0 Å². The van der Waals surface area contributed by atoms with Gasteiger partial charge in [0.1, 0.15) is 0 Å². The van der Waals surface area contributed by atoms with E-state index >= 15 is 0 Å². The molecule has 1 aliphatic rings. The first kappa shape index (κ1) is 12.8. The third-order valence-corrected chi connectivity index (χ3v) is 4.47. The number of thioether (sulfide) groups is 1. The van der Waals surface area contributed by atoms with Gasteiger partial charge in [-0.05, 0) is 46.3 Å². The lowest BCUT2D eigenvalue weighted by Crippen LogP contribution is -2.33. The fraction of sp³-hybridized carbons (Fsp3) is 0.417.